The number of hydrogen-bond donors (Lipinski definition) is 0. The van der Waals surface area contributed by atoms with Crippen molar-refractivity contribution < 1.29 is 4.39 Å². The molecule has 25 heavy (non-hydrogen) atoms. The summed E-state index contributed by atoms with van der Waals surface area (Å²) >= 11 is 0. The Balaban J connectivity index is 1.54. The quantitative estimate of drug-likeness (QED) is 0.840. The Labute approximate surface area is 146 Å². The summed E-state index contributed by atoms with van der Waals surface area (Å²) in [6.07, 6.45) is 12.6. The van der Waals surface area contributed by atoms with E-state index >= 15 is 0 Å². The molecule has 0 bridgehead atoms. The van der Waals surface area contributed by atoms with Crippen molar-refractivity contribution >= 4 is 11.8 Å². The van der Waals surface area contributed by atoms with Crippen LogP contribution in [0.4, 0.5) is 10.1 Å². The summed E-state index contributed by atoms with van der Waals surface area (Å²) in [5.41, 5.74) is 3.36. The molecule has 3 aliphatic rings. The molecule has 1 atom stereocenters. The highest BCUT2D eigenvalue weighted by molar-refractivity contribution is 5.58. The van der Waals surface area contributed by atoms with Gasteiger partial charge in [-0.2, -0.15) is 0 Å². The van der Waals surface area contributed by atoms with Crippen LogP contribution in [0, 0.1) is 12.7 Å². The molecule has 6 heteroatoms. The summed E-state index contributed by atoms with van der Waals surface area (Å²) < 4.78 is 15.7. The highest BCUT2D eigenvalue weighted by atomic mass is 19.1. The second kappa shape index (κ2) is 5.37. The van der Waals surface area contributed by atoms with Gasteiger partial charge in [0.05, 0.1) is 6.67 Å². The van der Waals surface area contributed by atoms with Crippen LogP contribution in [0.15, 0.2) is 48.7 Å². The third-order valence-corrected chi connectivity index (χ3v) is 5.23. The molecule has 0 N–H and O–H groups in total. The Morgan fingerprint density at radius 3 is 3.08 bits per heavy atom. The van der Waals surface area contributed by atoms with Crippen molar-refractivity contribution in [3.05, 3.63) is 65.9 Å². The normalized spacial score (nSPS) is 21.6. The van der Waals surface area contributed by atoms with Crippen LogP contribution in [0.25, 0.3) is 6.08 Å². The number of halogens is 1. The Kier molecular flexibility index (Phi) is 3.13. The van der Waals surface area contributed by atoms with E-state index in [9.17, 15) is 4.39 Å². The summed E-state index contributed by atoms with van der Waals surface area (Å²) in [4.78, 5) is 11.4. The lowest BCUT2D eigenvalue weighted by Gasteiger charge is -2.41. The topological polar surface area (TPSA) is 27.5 Å². The number of benzene rings is 1. The van der Waals surface area contributed by atoms with Crippen molar-refractivity contribution in [1.82, 2.24) is 19.4 Å². The van der Waals surface area contributed by atoms with E-state index in [1.165, 1.54) is 12.1 Å². The summed E-state index contributed by atoms with van der Waals surface area (Å²) in [6, 6.07) is 5.03. The number of fused-ring (bicyclic) bond motifs is 2. The maximum atomic E-state index is 13.6. The van der Waals surface area contributed by atoms with Crippen molar-refractivity contribution in [3.8, 4) is 0 Å². The second-order valence-corrected chi connectivity index (χ2v) is 6.83. The molecular formula is C19H20FN5. The van der Waals surface area contributed by atoms with Crippen LogP contribution in [0.1, 0.15) is 24.2 Å². The first-order valence-corrected chi connectivity index (χ1v) is 8.68. The molecular weight excluding hydrogens is 317 g/mol. The Bertz CT molecular complexity index is 884. The molecule has 0 radical (unpaired) electrons. The maximum absolute atomic E-state index is 13.6. The van der Waals surface area contributed by atoms with Gasteiger partial charge in [-0.15, -0.1) is 0 Å². The van der Waals surface area contributed by atoms with Gasteiger partial charge in [0.25, 0.3) is 0 Å². The van der Waals surface area contributed by atoms with Crippen LogP contribution in [-0.4, -0.2) is 32.2 Å². The van der Waals surface area contributed by atoms with Crippen molar-refractivity contribution in [3.63, 3.8) is 0 Å². The van der Waals surface area contributed by atoms with Gasteiger partial charge in [0, 0.05) is 42.7 Å². The van der Waals surface area contributed by atoms with E-state index in [0.29, 0.717) is 0 Å². The molecule has 3 aliphatic heterocycles. The molecule has 1 unspecified atom stereocenters. The third kappa shape index (κ3) is 2.24. The van der Waals surface area contributed by atoms with Crippen LogP contribution in [0.2, 0.25) is 0 Å². The Morgan fingerprint density at radius 2 is 2.20 bits per heavy atom. The first kappa shape index (κ1) is 14.6. The number of hydrogen-bond acceptors (Lipinski definition) is 4. The molecule has 5 rings (SSSR count). The lowest BCUT2D eigenvalue weighted by atomic mass is 10.2. The monoisotopic (exact) mass is 337 g/mol. The average Bonchev–Trinajstić information content (AvgIpc) is 3.29. The van der Waals surface area contributed by atoms with Gasteiger partial charge in [0.15, 0.2) is 6.29 Å². The molecule has 0 spiro atoms. The number of aromatic nitrogens is 2. The van der Waals surface area contributed by atoms with Gasteiger partial charge >= 0.3 is 0 Å². The molecule has 4 heterocycles. The van der Waals surface area contributed by atoms with E-state index in [1.807, 2.05) is 31.5 Å². The lowest BCUT2D eigenvalue weighted by Crippen LogP contribution is -2.51. The molecule has 0 amide bonds. The predicted octanol–water partition coefficient (Wildman–Crippen LogP) is 3.32. The predicted molar refractivity (Wildman–Crippen MR) is 94.5 cm³/mol. The molecule has 0 aliphatic carbocycles. The molecule has 1 aromatic carbocycles. The van der Waals surface area contributed by atoms with Crippen molar-refractivity contribution in [2.75, 3.05) is 11.4 Å². The Morgan fingerprint density at radius 1 is 1.28 bits per heavy atom. The Hall–Kier alpha value is -2.76. The minimum absolute atomic E-state index is 0.0773. The zero-order valence-electron chi connectivity index (χ0n) is 14.1. The van der Waals surface area contributed by atoms with Crippen LogP contribution >= 0.6 is 0 Å². The summed E-state index contributed by atoms with van der Waals surface area (Å²) in [5, 5.41) is 0. The summed E-state index contributed by atoms with van der Waals surface area (Å²) in [5.74, 6) is 0.791. The fourth-order valence-corrected chi connectivity index (χ4v) is 4.07. The van der Waals surface area contributed by atoms with Gasteiger partial charge in [-0.1, -0.05) is 0 Å². The standard InChI is InChI=1S/C19H20FN5/c1-14-11-15(20)4-5-17(14)25-12-16-3-2-8-24(16)19(25)23-9-6-18-21-7-10-22(18)13-23/h4-7,9-12,19H,2-3,8,13H2,1H3. The third-order valence-electron chi connectivity index (χ3n) is 5.23. The largest absolute Gasteiger partial charge is 0.336 e. The van der Waals surface area contributed by atoms with E-state index < -0.39 is 0 Å². The van der Waals surface area contributed by atoms with Gasteiger partial charge in [0.1, 0.15) is 11.6 Å². The summed E-state index contributed by atoms with van der Waals surface area (Å²) in [6.45, 7) is 3.77. The SMILES string of the molecule is Cc1cc(F)ccc1N1C=C2CCCN2C1N1C=Cc2nccn2C1. The zero-order valence-corrected chi connectivity index (χ0v) is 14.1. The molecule has 0 saturated carbocycles. The van der Waals surface area contributed by atoms with Gasteiger partial charge in [-0.3, -0.25) is 0 Å². The van der Waals surface area contributed by atoms with E-state index in [-0.39, 0.29) is 12.1 Å². The maximum Gasteiger partial charge on any atom is 0.186 e. The van der Waals surface area contributed by atoms with Crippen molar-refractivity contribution in [1.29, 1.82) is 0 Å². The second-order valence-electron chi connectivity index (χ2n) is 6.83. The molecule has 128 valence electrons. The minimum Gasteiger partial charge on any atom is -0.336 e. The van der Waals surface area contributed by atoms with E-state index in [1.54, 1.807) is 12.1 Å². The molecule has 5 nitrogen and oxygen atoms in total. The minimum atomic E-state index is -0.189. The molecule has 1 saturated heterocycles. The van der Waals surface area contributed by atoms with E-state index in [4.69, 9.17) is 0 Å². The summed E-state index contributed by atoms with van der Waals surface area (Å²) in [7, 11) is 0. The van der Waals surface area contributed by atoms with Crippen LogP contribution in [0.5, 0.6) is 0 Å². The lowest BCUT2D eigenvalue weighted by molar-refractivity contribution is 0.110. The fraction of sp³-hybridized carbons (Fsp3) is 0.316. The molecule has 1 aromatic heterocycles. The van der Waals surface area contributed by atoms with Gasteiger partial charge in [-0.05, 0) is 49.6 Å². The average molecular weight is 337 g/mol. The first-order chi connectivity index (χ1) is 12.2. The van der Waals surface area contributed by atoms with Crippen LogP contribution in [-0.2, 0) is 6.67 Å². The fourth-order valence-electron chi connectivity index (χ4n) is 4.07. The number of allylic oxidation sites excluding steroid dienone is 1. The van der Waals surface area contributed by atoms with Gasteiger partial charge < -0.3 is 19.3 Å². The number of nitrogens with zero attached hydrogens (tertiary/aromatic N) is 5. The van der Waals surface area contributed by atoms with E-state index in [0.717, 1.165) is 36.7 Å². The highest BCUT2D eigenvalue weighted by Crippen LogP contribution is 2.38. The van der Waals surface area contributed by atoms with Crippen LogP contribution < -0.4 is 4.90 Å². The number of rotatable bonds is 2. The van der Waals surface area contributed by atoms with Crippen molar-refractivity contribution in [2.45, 2.75) is 32.7 Å². The van der Waals surface area contributed by atoms with Crippen molar-refractivity contribution in [2.24, 2.45) is 0 Å². The van der Waals surface area contributed by atoms with E-state index in [2.05, 4.69) is 36.7 Å². The van der Waals surface area contributed by atoms with Gasteiger partial charge in [-0.25, -0.2) is 9.37 Å². The van der Waals surface area contributed by atoms with Crippen LogP contribution in [0.3, 0.4) is 0 Å². The molecule has 1 fully saturated rings. The first-order valence-electron chi connectivity index (χ1n) is 8.68. The number of anilines is 1. The number of imidazole rings is 1. The highest BCUT2D eigenvalue weighted by Gasteiger charge is 2.39. The number of aryl methyl sites for hydroxylation is 1. The van der Waals surface area contributed by atoms with Gasteiger partial charge in [0.2, 0.25) is 0 Å². The zero-order chi connectivity index (χ0) is 17.0. The smallest absolute Gasteiger partial charge is 0.186 e. The molecule has 2 aromatic rings.